The molecule has 1 aromatic rings. The van der Waals surface area contributed by atoms with Gasteiger partial charge in [-0.25, -0.2) is 0 Å². The smallest absolute Gasteiger partial charge is 0.305 e. The van der Waals surface area contributed by atoms with Crippen LogP contribution in [0.1, 0.15) is 52.0 Å². The summed E-state index contributed by atoms with van der Waals surface area (Å²) in [5.74, 6) is -0.379. The summed E-state index contributed by atoms with van der Waals surface area (Å²) < 4.78 is 0. The quantitative estimate of drug-likeness (QED) is 0.834. The van der Waals surface area contributed by atoms with Crippen molar-refractivity contribution in [3.63, 3.8) is 0 Å². The number of para-hydroxylation sites is 1. The molecule has 21 heavy (non-hydrogen) atoms. The lowest BCUT2D eigenvalue weighted by molar-refractivity contribution is -0.136. The summed E-state index contributed by atoms with van der Waals surface area (Å²) in [6, 6.07) is 7.73. The molecule has 0 aliphatic rings. The van der Waals surface area contributed by atoms with Gasteiger partial charge >= 0.3 is 5.97 Å². The third-order valence-corrected chi connectivity index (χ3v) is 3.28. The summed E-state index contributed by atoms with van der Waals surface area (Å²) in [5, 5.41) is 8.91. The topological polar surface area (TPSA) is 57.6 Å². The molecule has 0 bridgehead atoms. The van der Waals surface area contributed by atoms with Crippen molar-refractivity contribution in [3.05, 3.63) is 29.8 Å². The summed E-state index contributed by atoms with van der Waals surface area (Å²) >= 11 is 0. The molecular formula is C17H25NO3. The van der Waals surface area contributed by atoms with Gasteiger partial charge in [0.25, 0.3) is 0 Å². The van der Waals surface area contributed by atoms with Crippen molar-refractivity contribution < 1.29 is 14.7 Å². The third-order valence-electron chi connectivity index (χ3n) is 3.28. The van der Waals surface area contributed by atoms with Crippen LogP contribution in [-0.4, -0.2) is 23.5 Å². The van der Waals surface area contributed by atoms with E-state index >= 15 is 0 Å². The number of carbonyl (C=O) groups excluding carboxylic acids is 1. The number of benzene rings is 1. The first-order valence-electron chi connectivity index (χ1n) is 7.44. The van der Waals surface area contributed by atoms with Crippen LogP contribution in [0.5, 0.6) is 0 Å². The molecule has 0 unspecified atom stereocenters. The van der Waals surface area contributed by atoms with Crippen molar-refractivity contribution in [2.45, 2.75) is 46.5 Å². The lowest BCUT2D eigenvalue weighted by Gasteiger charge is -2.26. The molecule has 0 fully saturated rings. The van der Waals surface area contributed by atoms with Crippen LogP contribution in [0.3, 0.4) is 0 Å². The Labute approximate surface area is 126 Å². The maximum atomic E-state index is 12.5. The molecule has 0 aromatic heterocycles. The summed E-state index contributed by atoms with van der Waals surface area (Å²) in [6.07, 6.45) is 0.377. The number of carboxylic acids is 1. The van der Waals surface area contributed by atoms with E-state index in [0.717, 1.165) is 11.3 Å². The highest BCUT2D eigenvalue weighted by atomic mass is 16.4. The maximum absolute atomic E-state index is 12.5. The minimum absolute atomic E-state index is 0.0145. The number of anilines is 1. The Morgan fingerprint density at radius 1 is 1.14 bits per heavy atom. The minimum atomic E-state index is -0.889. The second kappa shape index (κ2) is 7.81. The Kier molecular flexibility index (Phi) is 6.40. The third kappa shape index (κ3) is 5.21. The Morgan fingerprint density at radius 2 is 1.76 bits per heavy atom. The van der Waals surface area contributed by atoms with Crippen molar-refractivity contribution in [1.29, 1.82) is 0 Å². The molecular weight excluding hydrogens is 266 g/mol. The second-order valence-electron chi connectivity index (χ2n) is 6.00. The van der Waals surface area contributed by atoms with Crippen molar-refractivity contribution in [3.8, 4) is 0 Å². The molecule has 116 valence electrons. The van der Waals surface area contributed by atoms with Crippen molar-refractivity contribution in [2.75, 3.05) is 11.4 Å². The van der Waals surface area contributed by atoms with E-state index in [0.29, 0.717) is 6.42 Å². The number of hydrogen-bond acceptors (Lipinski definition) is 2. The van der Waals surface area contributed by atoms with Crippen LogP contribution in [0.25, 0.3) is 0 Å². The standard InChI is InChI=1S/C17H25NO3/c1-12(2)11-16(19)18(10-9-17(20)21)15-8-6-5-7-14(15)13(3)4/h5-8,12-13H,9-11H2,1-4H3,(H,20,21). The SMILES string of the molecule is CC(C)CC(=O)N(CCC(=O)O)c1ccccc1C(C)C. The monoisotopic (exact) mass is 291 g/mol. The molecule has 1 N–H and O–H groups in total. The average molecular weight is 291 g/mol. The zero-order valence-electron chi connectivity index (χ0n) is 13.3. The van der Waals surface area contributed by atoms with E-state index in [-0.39, 0.29) is 30.7 Å². The summed E-state index contributed by atoms with van der Waals surface area (Å²) in [4.78, 5) is 25.0. The van der Waals surface area contributed by atoms with E-state index in [9.17, 15) is 9.59 Å². The van der Waals surface area contributed by atoms with Crippen LogP contribution in [0, 0.1) is 5.92 Å². The van der Waals surface area contributed by atoms with Gasteiger partial charge < -0.3 is 10.0 Å². The number of carbonyl (C=O) groups is 2. The summed E-state index contributed by atoms with van der Waals surface area (Å²) in [7, 11) is 0. The van der Waals surface area contributed by atoms with Gasteiger partial charge in [0.1, 0.15) is 0 Å². The Morgan fingerprint density at radius 3 is 2.29 bits per heavy atom. The lowest BCUT2D eigenvalue weighted by Crippen LogP contribution is -2.34. The van der Waals surface area contributed by atoms with Gasteiger partial charge in [-0.1, -0.05) is 45.9 Å². The normalized spacial score (nSPS) is 11.0. The van der Waals surface area contributed by atoms with E-state index in [1.807, 2.05) is 38.1 Å². The van der Waals surface area contributed by atoms with Gasteiger partial charge in [-0.3, -0.25) is 9.59 Å². The molecule has 0 aliphatic heterocycles. The predicted octanol–water partition coefficient (Wildman–Crippen LogP) is 3.66. The van der Waals surface area contributed by atoms with Gasteiger partial charge in [-0.05, 0) is 23.5 Å². The molecule has 4 nitrogen and oxygen atoms in total. The number of hydrogen-bond donors (Lipinski definition) is 1. The van der Waals surface area contributed by atoms with Crippen LogP contribution in [0.4, 0.5) is 5.69 Å². The molecule has 0 spiro atoms. The van der Waals surface area contributed by atoms with Crippen LogP contribution in [0.15, 0.2) is 24.3 Å². The summed E-state index contributed by atoms with van der Waals surface area (Å²) in [6.45, 7) is 8.33. The molecule has 1 rings (SSSR count). The van der Waals surface area contributed by atoms with Gasteiger partial charge in [-0.15, -0.1) is 0 Å². The number of aliphatic carboxylic acids is 1. The largest absolute Gasteiger partial charge is 0.481 e. The first-order chi connectivity index (χ1) is 9.82. The van der Waals surface area contributed by atoms with Crippen LogP contribution < -0.4 is 4.90 Å². The Balaban J connectivity index is 3.11. The molecule has 0 saturated carbocycles. The molecule has 0 saturated heterocycles. The van der Waals surface area contributed by atoms with E-state index < -0.39 is 5.97 Å². The van der Waals surface area contributed by atoms with Gasteiger partial charge in [0.05, 0.1) is 6.42 Å². The highest BCUT2D eigenvalue weighted by Gasteiger charge is 2.21. The number of carboxylic acid groups (broad SMARTS) is 1. The first kappa shape index (κ1) is 17.2. The van der Waals surface area contributed by atoms with Crippen LogP contribution in [-0.2, 0) is 9.59 Å². The number of rotatable bonds is 7. The molecule has 0 heterocycles. The fourth-order valence-electron chi connectivity index (χ4n) is 2.27. The highest BCUT2D eigenvalue weighted by Crippen LogP contribution is 2.28. The second-order valence-corrected chi connectivity index (χ2v) is 6.00. The van der Waals surface area contributed by atoms with Crippen LogP contribution >= 0.6 is 0 Å². The zero-order valence-corrected chi connectivity index (χ0v) is 13.3. The van der Waals surface area contributed by atoms with Gasteiger partial charge in [0, 0.05) is 18.7 Å². The molecule has 1 amide bonds. The minimum Gasteiger partial charge on any atom is -0.481 e. The Hall–Kier alpha value is -1.84. The maximum Gasteiger partial charge on any atom is 0.305 e. The van der Waals surface area contributed by atoms with E-state index in [1.165, 1.54) is 0 Å². The number of amides is 1. The van der Waals surface area contributed by atoms with Gasteiger partial charge in [0.15, 0.2) is 0 Å². The molecule has 4 heteroatoms. The van der Waals surface area contributed by atoms with E-state index in [4.69, 9.17) is 5.11 Å². The lowest BCUT2D eigenvalue weighted by atomic mass is 9.99. The van der Waals surface area contributed by atoms with E-state index in [1.54, 1.807) is 4.90 Å². The molecule has 1 aromatic carbocycles. The molecule has 0 aliphatic carbocycles. The molecule has 0 atom stereocenters. The van der Waals surface area contributed by atoms with Crippen molar-refractivity contribution >= 4 is 17.6 Å². The average Bonchev–Trinajstić information content (AvgIpc) is 2.38. The molecule has 0 radical (unpaired) electrons. The zero-order chi connectivity index (χ0) is 16.0. The fraction of sp³-hybridized carbons (Fsp3) is 0.529. The highest BCUT2D eigenvalue weighted by molar-refractivity contribution is 5.94. The van der Waals surface area contributed by atoms with Crippen molar-refractivity contribution in [1.82, 2.24) is 0 Å². The summed E-state index contributed by atoms with van der Waals surface area (Å²) in [5.41, 5.74) is 1.90. The van der Waals surface area contributed by atoms with Gasteiger partial charge in [0.2, 0.25) is 5.91 Å². The van der Waals surface area contributed by atoms with Crippen molar-refractivity contribution in [2.24, 2.45) is 5.92 Å². The predicted molar refractivity (Wildman–Crippen MR) is 84.6 cm³/mol. The van der Waals surface area contributed by atoms with Crippen LogP contribution in [0.2, 0.25) is 0 Å². The number of nitrogens with zero attached hydrogens (tertiary/aromatic N) is 1. The van der Waals surface area contributed by atoms with E-state index in [2.05, 4.69) is 13.8 Å². The fourth-order valence-corrected chi connectivity index (χ4v) is 2.27. The Bertz CT molecular complexity index is 495. The van der Waals surface area contributed by atoms with Gasteiger partial charge in [-0.2, -0.15) is 0 Å². The first-order valence-corrected chi connectivity index (χ1v) is 7.44.